The molecule has 118 valence electrons. The summed E-state index contributed by atoms with van der Waals surface area (Å²) in [5, 5.41) is 7.82. The standard InChI is InChI=1S/C14H23N3O3S/c1-4-5-6-12(15)14(18)17-13-8-11(21(16,19)20)7-9(2)10(13)3/h7-8,12H,4-6,15H2,1-3H3,(H,17,18)(H2,16,19,20)/t12-/m0/s1. The number of sulfonamides is 1. The zero-order valence-electron chi connectivity index (χ0n) is 12.6. The van der Waals surface area contributed by atoms with Crippen molar-refractivity contribution in [3.8, 4) is 0 Å². The number of nitrogens with two attached hydrogens (primary N) is 2. The summed E-state index contributed by atoms with van der Waals surface area (Å²) in [6.45, 7) is 5.58. The number of rotatable bonds is 6. The van der Waals surface area contributed by atoms with Crippen LogP contribution in [0, 0.1) is 13.8 Å². The number of primary sulfonamides is 1. The lowest BCUT2D eigenvalue weighted by molar-refractivity contribution is -0.117. The molecule has 0 saturated heterocycles. The Balaban J connectivity index is 3.03. The van der Waals surface area contributed by atoms with Crippen molar-refractivity contribution < 1.29 is 13.2 Å². The minimum Gasteiger partial charge on any atom is -0.324 e. The summed E-state index contributed by atoms with van der Waals surface area (Å²) in [5.41, 5.74) is 7.76. The predicted molar refractivity (Wildman–Crippen MR) is 83.4 cm³/mol. The lowest BCUT2D eigenvalue weighted by Gasteiger charge is -2.15. The van der Waals surface area contributed by atoms with E-state index in [0.717, 1.165) is 24.0 Å². The van der Waals surface area contributed by atoms with Gasteiger partial charge in [0.25, 0.3) is 0 Å². The van der Waals surface area contributed by atoms with Gasteiger partial charge in [-0.05, 0) is 43.5 Å². The van der Waals surface area contributed by atoms with Crippen LogP contribution in [0.25, 0.3) is 0 Å². The first kappa shape index (κ1) is 17.6. The van der Waals surface area contributed by atoms with Gasteiger partial charge in [-0.25, -0.2) is 13.6 Å². The largest absolute Gasteiger partial charge is 0.324 e. The molecule has 1 rings (SSSR count). The minimum atomic E-state index is -3.82. The van der Waals surface area contributed by atoms with Crippen LogP contribution in [0.1, 0.15) is 37.3 Å². The van der Waals surface area contributed by atoms with Gasteiger partial charge in [0, 0.05) is 5.69 Å². The molecule has 0 spiro atoms. The molecule has 21 heavy (non-hydrogen) atoms. The van der Waals surface area contributed by atoms with Crippen LogP contribution in [0.15, 0.2) is 17.0 Å². The third-order valence-corrected chi connectivity index (χ3v) is 4.33. The van der Waals surface area contributed by atoms with Crippen LogP contribution in [0.4, 0.5) is 5.69 Å². The molecule has 7 heteroatoms. The summed E-state index contributed by atoms with van der Waals surface area (Å²) in [6.07, 6.45) is 2.42. The number of benzene rings is 1. The number of aryl methyl sites for hydroxylation is 1. The first-order valence-electron chi connectivity index (χ1n) is 6.87. The molecular formula is C14H23N3O3S. The van der Waals surface area contributed by atoms with Crippen LogP contribution in [0.2, 0.25) is 0 Å². The van der Waals surface area contributed by atoms with Crippen LogP contribution in [-0.2, 0) is 14.8 Å². The third kappa shape index (κ3) is 4.80. The average molecular weight is 313 g/mol. The molecule has 0 unspecified atom stereocenters. The van der Waals surface area contributed by atoms with Gasteiger partial charge in [-0.2, -0.15) is 0 Å². The van der Waals surface area contributed by atoms with E-state index in [1.807, 2.05) is 6.92 Å². The number of hydrogen-bond acceptors (Lipinski definition) is 4. The summed E-state index contributed by atoms with van der Waals surface area (Å²) in [4.78, 5) is 12.0. The predicted octanol–water partition coefficient (Wildman–Crippen LogP) is 1.41. The molecule has 0 aliphatic heterocycles. The topological polar surface area (TPSA) is 115 Å². The van der Waals surface area contributed by atoms with E-state index in [1.54, 1.807) is 13.8 Å². The number of hydrogen-bond donors (Lipinski definition) is 3. The van der Waals surface area contributed by atoms with Gasteiger partial charge in [-0.15, -0.1) is 0 Å². The summed E-state index contributed by atoms with van der Waals surface area (Å²) in [5.74, 6) is -0.322. The van der Waals surface area contributed by atoms with E-state index < -0.39 is 16.1 Å². The molecule has 0 heterocycles. The highest BCUT2D eigenvalue weighted by molar-refractivity contribution is 7.89. The molecule has 1 amide bonds. The molecule has 0 radical (unpaired) electrons. The summed E-state index contributed by atoms with van der Waals surface area (Å²) >= 11 is 0. The molecule has 0 bridgehead atoms. The van der Waals surface area contributed by atoms with Gasteiger partial charge >= 0.3 is 0 Å². The number of carbonyl (C=O) groups excluding carboxylic acids is 1. The molecule has 1 atom stereocenters. The van der Waals surface area contributed by atoms with Crippen molar-refractivity contribution in [2.24, 2.45) is 10.9 Å². The second kappa shape index (κ2) is 7.02. The summed E-state index contributed by atoms with van der Waals surface area (Å²) in [7, 11) is -3.82. The lowest BCUT2D eigenvalue weighted by atomic mass is 10.1. The lowest BCUT2D eigenvalue weighted by Crippen LogP contribution is -2.35. The highest BCUT2D eigenvalue weighted by Gasteiger charge is 2.17. The minimum absolute atomic E-state index is 0.0250. The van der Waals surface area contributed by atoms with Gasteiger partial charge in [0.15, 0.2) is 0 Å². The number of anilines is 1. The monoisotopic (exact) mass is 313 g/mol. The molecule has 6 nitrogen and oxygen atoms in total. The van der Waals surface area contributed by atoms with Gasteiger partial charge < -0.3 is 11.1 Å². The van der Waals surface area contributed by atoms with Crippen molar-refractivity contribution in [2.75, 3.05) is 5.32 Å². The molecule has 0 aliphatic carbocycles. The fourth-order valence-electron chi connectivity index (χ4n) is 1.90. The zero-order valence-corrected chi connectivity index (χ0v) is 13.5. The number of nitrogens with one attached hydrogen (secondary N) is 1. The third-order valence-electron chi connectivity index (χ3n) is 3.43. The first-order valence-corrected chi connectivity index (χ1v) is 8.42. The molecule has 0 fully saturated rings. The number of carbonyl (C=O) groups is 1. The molecule has 0 aromatic heterocycles. The highest BCUT2D eigenvalue weighted by Crippen LogP contribution is 2.23. The quantitative estimate of drug-likeness (QED) is 0.736. The normalized spacial score (nSPS) is 13.0. The Kier molecular flexibility index (Phi) is 5.88. The maximum Gasteiger partial charge on any atom is 0.241 e. The van der Waals surface area contributed by atoms with E-state index in [0.29, 0.717) is 12.1 Å². The van der Waals surface area contributed by atoms with E-state index in [1.165, 1.54) is 12.1 Å². The Bertz CT molecular complexity index is 627. The average Bonchev–Trinajstić information content (AvgIpc) is 2.39. The zero-order chi connectivity index (χ0) is 16.2. The van der Waals surface area contributed by atoms with Crippen molar-refractivity contribution in [2.45, 2.75) is 51.0 Å². The molecule has 0 aliphatic rings. The highest BCUT2D eigenvalue weighted by atomic mass is 32.2. The second-order valence-electron chi connectivity index (χ2n) is 5.20. The SMILES string of the molecule is CCCC[C@H](N)C(=O)Nc1cc(S(N)(=O)=O)cc(C)c1C. The molecule has 1 aromatic carbocycles. The van der Waals surface area contributed by atoms with Gasteiger partial charge in [-0.1, -0.05) is 19.8 Å². The Morgan fingerprint density at radius 3 is 2.48 bits per heavy atom. The Morgan fingerprint density at radius 1 is 1.33 bits per heavy atom. The molecule has 0 saturated carbocycles. The Labute approximate surface area is 126 Å². The first-order chi connectivity index (χ1) is 9.66. The molecule has 5 N–H and O–H groups in total. The van der Waals surface area contributed by atoms with Crippen molar-refractivity contribution >= 4 is 21.6 Å². The summed E-state index contributed by atoms with van der Waals surface area (Å²) in [6, 6.07) is 2.24. The fraction of sp³-hybridized carbons (Fsp3) is 0.500. The van der Waals surface area contributed by atoms with E-state index in [-0.39, 0.29) is 10.8 Å². The smallest absolute Gasteiger partial charge is 0.241 e. The van der Waals surface area contributed by atoms with E-state index in [9.17, 15) is 13.2 Å². The maximum absolute atomic E-state index is 12.0. The van der Waals surface area contributed by atoms with Crippen LogP contribution in [-0.4, -0.2) is 20.4 Å². The van der Waals surface area contributed by atoms with Crippen molar-refractivity contribution in [1.29, 1.82) is 0 Å². The number of amides is 1. The van der Waals surface area contributed by atoms with E-state index in [2.05, 4.69) is 5.32 Å². The maximum atomic E-state index is 12.0. The van der Waals surface area contributed by atoms with Gasteiger partial charge in [0.1, 0.15) is 0 Å². The molecular weight excluding hydrogens is 290 g/mol. The van der Waals surface area contributed by atoms with Crippen LogP contribution < -0.4 is 16.2 Å². The fourth-order valence-corrected chi connectivity index (χ4v) is 2.52. The number of unbranched alkanes of at least 4 members (excludes halogenated alkanes) is 1. The second-order valence-corrected chi connectivity index (χ2v) is 6.76. The Morgan fingerprint density at radius 2 is 1.95 bits per heavy atom. The van der Waals surface area contributed by atoms with Crippen LogP contribution in [0.3, 0.4) is 0 Å². The van der Waals surface area contributed by atoms with Gasteiger partial charge in [-0.3, -0.25) is 4.79 Å². The van der Waals surface area contributed by atoms with Crippen LogP contribution >= 0.6 is 0 Å². The Hall–Kier alpha value is -1.44. The van der Waals surface area contributed by atoms with Crippen LogP contribution in [0.5, 0.6) is 0 Å². The van der Waals surface area contributed by atoms with Crippen molar-refractivity contribution in [3.63, 3.8) is 0 Å². The van der Waals surface area contributed by atoms with E-state index in [4.69, 9.17) is 10.9 Å². The van der Waals surface area contributed by atoms with Crippen molar-refractivity contribution in [3.05, 3.63) is 23.3 Å². The van der Waals surface area contributed by atoms with Gasteiger partial charge in [0.2, 0.25) is 15.9 Å². The van der Waals surface area contributed by atoms with Gasteiger partial charge in [0.05, 0.1) is 10.9 Å². The summed E-state index contributed by atoms with van der Waals surface area (Å²) < 4.78 is 22.9. The van der Waals surface area contributed by atoms with Crippen molar-refractivity contribution in [1.82, 2.24) is 0 Å². The van der Waals surface area contributed by atoms with E-state index >= 15 is 0 Å². The molecule has 1 aromatic rings.